The number of amides is 1. The number of halogens is 2. The molecule has 1 atom stereocenters. The molecular weight excluding hydrogens is 423 g/mol. The van der Waals surface area contributed by atoms with E-state index in [9.17, 15) is 10.1 Å². The van der Waals surface area contributed by atoms with Gasteiger partial charge in [0.05, 0.1) is 15.6 Å². The Hall–Kier alpha value is -1.80. The molecule has 0 bridgehead atoms. The summed E-state index contributed by atoms with van der Waals surface area (Å²) in [6, 6.07) is 7.49. The van der Waals surface area contributed by atoms with Crippen LogP contribution in [0.5, 0.6) is 0 Å². The number of fused-ring (bicyclic) bond motifs is 1. The number of hydrogen-bond acceptors (Lipinski definition) is 3. The van der Waals surface area contributed by atoms with Gasteiger partial charge in [0.1, 0.15) is 11.1 Å². The summed E-state index contributed by atoms with van der Waals surface area (Å²) in [6.07, 6.45) is 7.22. The van der Waals surface area contributed by atoms with Gasteiger partial charge in [0.15, 0.2) is 0 Å². The van der Waals surface area contributed by atoms with Crippen molar-refractivity contribution in [2.45, 2.75) is 46.5 Å². The van der Waals surface area contributed by atoms with Crippen molar-refractivity contribution < 1.29 is 4.79 Å². The number of nitriles is 1. The molecule has 0 spiro atoms. The molecule has 1 N–H and O–H groups in total. The number of hydrogen-bond donors (Lipinski definition) is 1. The van der Waals surface area contributed by atoms with Crippen LogP contribution in [-0.2, 0) is 17.6 Å². The van der Waals surface area contributed by atoms with Crippen LogP contribution in [0.3, 0.4) is 0 Å². The molecule has 2 aromatic rings. The van der Waals surface area contributed by atoms with Crippen LogP contribution in [0.15, 0.2) is 24.3 Å². The smallest absolute Gasteiger partial charge is 0.249 e. The summed E-state index contributed by atoms with van der Waals surface area (Å²) in [4.78, 5) is 13.7. The van der Waals surface area contributed by atoms with Crippen LogP contribution in [0.4, 0.5) is 5.00 Å². The lowest BCUT2D eigenvalue weighted by Gasteiger charge is -2.36. The molecule has 6 heteroatoms. The van der Waals surface area contributed by atoms with Crippen molar-refractivity contribution in [1.82, 2.24) is 0 Å². The van der Waals surface area contributed by atoms with E-state index in [0.29, 0.717) is 26.5 Å². The number of anilines is 1. The van der Waals surface area contributed by atoms with Crippen LogP contribution < -0.4 is 5.32 Å². The number of nitrogens with zero attached hydrogens (tertiary/aromatic N) is 1. The summed E-state index contributed by atoms with van der Waals surface area (Å²) in [5.74, 6) is 0.333. The molecule has 1 aliphatic carbocycles. The Morgan fingerprint density at radius 1 is 1.38 bits per heavy atom. The van der Waals surface area contributed by atoms with Gasteiger partial charge in [0.2, 0.25) is 5.91 Å². The van der Waals surface area contributed by atoms with E-state index < -0.39 is 0 Å². The molecule has 0 fully saturated rings. The molecule has 0 saturated carbocycles. The number of nitrogens with one attached hydrogen (secondary N) is 1. The summed E-state index contributed by atoms with van der Waals surface area (Å²) in [6.45, 7) is 6.87. The van der Waals surface area contributed by atoms with Crippen molar-refractivity contribution in [2.24, 2.45) is 11.3 Å². The molecule has 1 amide bonds. The SMILES string of the molecule is CCC(C)(C)C1CCc2c(sc(NC(=O)/C=C/c3ccc(Cl)c(Cl)c3)c2C#N)C1. The predicted molar refractivity (Wildman–Crippen MR) is 123 cm³/mol. The van der Waals surface area contributed by atoms with Crippen LogP contribution >= 0.6 is 34.5 Å². The van der Waals surface area contributed by atoms with E-state index in [2.05, 4.69) is 32.2 Å². The first-order valence-electron chi connectivity index (χ1n) is 9.74. The minimum absolute atomic E-state index is 0.267. The second-order valence-electron chi connectivity index (χ2n) is 8.10. The minimum atomic E-state index is -0.267. The summed E-state index contributed by atoms with van der Waals surface area (Å²) >= 11 is 13.5. The first-order valence-corrected chi connectivity index (χ1v) is 11.3. The van der Waals surface area contributed by atoms with Gasteiger partial charge in [-0.25, -0.2) is 0 Å². The maximum Gasteiger partial charge on any atom is 0.249 e. The fourth-order valence-electron chi connectivity index (χ4n) is 3.69. The van der Waals surface area contributed by atoms with E-state index in [-0.39, 0.29) is 11.3 Å². The Labute approximate surface area is 186 Å². The summed E-state index contributed by atoms with van der Waals surface area (Å²) < 4.78 is 0. The molecule has 1 heterocycles. The third kappa shape index (κ3) is 4.86. The molecule has 1 aliphatic rings. The van der Waals surface area contributed by atoms with Crippen molar-refractivity contribution in [3.8, 4) is 6.07 Å². The topological polar surface area (TPSA) is 52.9 Å². The number of rotatable bonds is 5. The van der Waals surface area contributed by atoms with Crippen molar-refractivity contribution in [1.29, 1.82) is 5.26 Å². The highest BCUT2D eigenvalue weighted by Gasteiger charge is 2.33. The van der Waals surface area contributed by atoms with Crippen molar-refractivity contribution in [2.75, 3.05) is 5.32 Å². The number of carbonyl (C=O) groups is 1. The fourth-order valence-corrected chi connectivity index (χ4v) is 5.28. The highest BCUT2D eigenvalue weighted by Crippen LogP contribution is 2.45. The van der Waals surface area contributed by atoms with Gasteiger partial charge < -0.3 is 5.32 Å². The lowest BCUT2D eigenvalue weighted by molar-refractivity contribution is -0.111. The van der Waals surface area contributed by atoms with E-state index in [1.165, 1.54) is 11.0 Å². The van der Waals surface area contributed by atoms with Gasteiger partial charge in [-0.15, -0.1) is 11.3 Å². The highest BCUT2D eigenvalue weighted by molar-refractivity contribution is 7.16. The van der Waals surface area contributed by atoms with Crippen molar-refractivity contribution in [3.63, 3.8) is 0 Å². The molecule has 29 heavy (non-hydrogen) atoms. The third-order valence-electron chi connectivity index (χ3n) is 6.00. The van der Waals surface area contributed by atoms with Crippen LogP contribution in [0.25, 0.3) is 6.08 Å². The Balaban J connectivity index is 1.76. The molecule has 0 aliphatic heterocycles. The van der Waals surface area contributed by atoms with Gasteiger partial charge in [0.25, 0.3) is 0 Å². The minimum Gasteiger partial charge on any atom is -0.313 e. The first-order chi connectivity index (χ1) is 13.7. The molecule has 152 valence electrons. The van der Waals surface area contributed by atoms with Crippen molar-refractivity contribution in [3.05, 3.63) is 55.9 Å². The number of benzene rings is 1. The molecule has 3 rings (SSSR count). The predicted octanol–water partition coefficient (Wildman–Crippen LogP) is 7.12. The van der Waals surface area contributed by atoms with E-state index in [1.54, 1.807) is 35.6 Å². The monoisotopic (exact) mass is 446 g/mol. The second-order valence-corrected chi connectivity index (χ2v) is 10.0. The molecule has 1 unspecified atom stereocenters. The Bertz CT molecular complexity index is 1000. The Morgan fingerprint density at radius 2 is 2.14 bits per heavy atom. The zero-order chi connectivity index (χ0) is 21.2. The van der Waals surface area contributed by atoms with Gasteiger partial charge in [0, 0.05) is 11.0 Å². The lowest BCUT2D eigenvalue weighted by atomic mass is 9.69. The molecule has 0 saturated heterocycles. The largest absolute Gasteiger partial charge is 0.313 e. The van der Waals surface area contributed by atoms with Gasteiger partial charge >= 0.3 is 0 Å². The maximum absolute atomic E-state index is 12.4. The summed E-state index contributed by atoms with van der Waals surface area (Å²) in [5, 5.41) is 14.1. The van der Waals surface area contributed by atoms with Gasteiger partial charge in [-0.1, -0.05) is 56.5 Å². The van der Waals surface area contributed by atoms with Gasteiger partial charge in [-0.2, -0.15) is 5.26 Å². The van der Waals surface area contributed by atoms with Crippen LogP contribution in [-0.4, -0.2) is 5.91 Å². The van der Waals surface area contributed by atoms with E-state index in [4.69, 9.17) is 23.2 Å². The van der Waals surface area contributed by atoms with Crippen LogP contribution in [0, 0.1) is 22.7 Å². The quantitative estimate of drug-likeness (QED) is 0.496. The molecular formula is C23H24Cl2N2OS. The Kier molecular flexibility index (Phi) is 6.73. The van der Waals surface area contributed by atoms with E-state index in [0.717, 1.165) is 36.8 Å². The highest BCUT2D eigenvalue weighted by atomic mass is 35.5. The molecule has 3 nitrogen and oxygen atoms in total. The van der Waals surface area contributed by atoms with E-state index >= 15 is 0 Å². The van der Waals surface area contributed by atoms with Crippen LogP contribution in [0.1, 0.15) is 55.2 Å². The Morgan fingerprint density at radius 3 is 2.79 bits per heavy atom. The van der Waals surface area contributed by atoms with Gasteiger partial charge in [-0.3, -0.25) is 4.79 Å². The molecule has 1 aromatic carbocycles. The summed E-state index contributed by atoms with van der Waals surface area (Å²) in [5.41, 5.74) is 2.80. The zero-order valence-corrected chi connectivity index (χ0v) is 19.1. The molecule has 0 radical (unpaired) electrons. The standard InChI is InChI=1S/C23H24Cl2N2OS/c1-4-23(2,3)15-7-8-16-17(13-26)22(29-20(16)12-15)27-21(28)10-6-14-5-9-18(24)19(25)11-14/h5-6,9-11,15H,4,7-8,12H2,1-3H3,(H,27,28)/b10-6+. The van der Waals surface area contributed by atoms with Crippen LogP contribution in [0.2, 0.25) is 10.0 Å². The second kappa shape index (κ2) is 8.92. The first kappa shape index (κ1) is 21.9. The normalized spacial score (nSPS) is 16.5. The third-order valence-corrected chi connectivity index (χ3v) is 7.91. The average molecular weight is 447 g/mol. The number of thiophene rings is 1. The maximum atomic E-state index is 12.4. The van der Waals surface area contributed by atoms with E-state index in [1.807, 2.05) is 0 Å². The molecule has 1 aromatic heterocycles. The van der Waals surface area contributed by atoms with Crippen molar-refractivity contribution >= 4 is 51.5 Å². The van der Waals surface area contributed by atoms with Gasteiger partial charge in [-0.05, 0) is 59.9 Å². The fraction of sp³-hybridized carbons (Fsp3) is 0.391. The average Bonchev–Trinajstić information content (AvgIpc) is 3.04. The number of carbonyl (C=O) groups excluding carboxylic acids is 1. The lowest BCUT2D eigenvalue weighted by Crippen LogP contribution is -2.28. The zero-order valence-electron chi connectivity index (χ0n) is 16.8. The summed E-state index contributed by atoms with van der Waals surface area (Å²) in [7, 11) is 0.